The number of halogens is 2. The van der Waals surface area contributed by atoms with Crippen LogP contribution in [-0.4, -0.2) is 9.97 Å². The average molecular weight is 190 g/mol. The Morgan fingerprint density at radius 3 is 2.73 bits per heavy atom. The Morgan fingerprint density at radius 2 is 2.18 bits per heavy atom. The fourth-order valence-corrected chi connectivity index (χ4v) is 0.938. The SMILES string of the molecule is N/C=C\c1ncc(Cl)nc1Cl. The van der Waals surface area contributed by atoms with E-state index in [4.69, 9.17) is 28.9 Å². The molecule has 0 saturated carbocycles. The van der Waals surface area contributed by atoms with Crippen molar-refractivity contribution in [1.82, 2.24) is 9.97 Å². The molecular formula is C6H5Cl2N3. The van der Waals surface area contributed by atoms with Crippen LogP contribution in [0.4, 0.5) is 0 Å². The predicted octanol–water partition coefficient (Wildman–Crippen LogP) is 1.71. The van der Waals surface area contributed by atoms with E-state index in [-0.39, 0.29) is 10.3 Å². The lowest BCUT2D eigenvalue weighted by molar-refractivity contribution is 1.18. The Morgan fingerprint density at radius 1 is 1.45 bits per heavy atom. The van der Waals surface area contributed by atoms with E-state index >= 15 is 0 Å². The van der Waals surface area contributed by atoms with E-state index < -0.39 is 0 Å². The molecule has 58 valence electrons. The van der Waals surface area contributed by atoms with Gasteiger partial charge in [0.2, 0.25) is 0 Å². The predicted molar refractivity (Wildman–Crippen MR) is 45.3 cm³/mol. The molecule has 0 spiro atoms. The van der Waals surface area contributed by atoms with E-state index in [1.807, 2.05) is 0 Å². The molecule has 1 rings (SSSR count). The van der Waals surface area contributed by atoms with Gasteiger partial charge in [0.25, 0.3) is 0 Å². The quantitative estimate of drug-likeness (QED) is 0.733. The molecule has 0 aliphatic rings. The van der Waals surface area contributed by atoms with E-state index in [9.17, 15) is 0 Å². The van der Waals surface area contributed by atoms with Crippen molar-refractivity contribution in [3.05, 3.63) is 28.4 Å². The lowest BCUT2D eigenvalue weighted by atomic mass is 10.4. The van der Waals surface area contributed by atoms with Crippen molar-refractivity contribution in [2.75, 3.05) is 0 Å². The number of nitrogens with zero attached hydrogens (tertiary/aromatic N) is 2. The number of nitrogens with two attached hydrogens (primary N) is 1. The van der Waals surface area contributed by atoms with Crippen molar-refractivity contribution in [2.24, 2.45) is 5.73 Å². The maximum atomic E-state index is 5.64. The standard InChI is InChI=1S/C6H5Cl2N3/c7-5-3-10-4(1-2-9)6(8)11-5/h1-3H,9H2/b2-1-. The topological polar surface area (TPSA) is 51.8 Å². The summed E-state index contributed by atoms with van der Waals surface area (Å²) in [5.74, 6) is 0. The molecule has 1 aromatic heterocycles. The third-order valence-corrected chi connectivity index (χ3v) is 1.44. The molecule has 0 saturated heterocycles. The van der Waals surface area contributed by atoms with Crippen LogP contribution in [0.5, 0.6) is 0 Å². The molecule has 0 amide bonds. The highest BCUT2D eigenvalue weighted by molar-refractivity contribution is 6.33. The lowest BCUT2D eigenvalue weighted by Crippen LogP contribution is -1.88. The summed E-state index contributed by atoms with van der Waals surface area (Å²) >= 11 is 11.1. The monoisotopic (exact) mass is 189 g/mol. The molecule has 0 aliphatic heterocycles. The van der Waals surface area contributed by atoms with Crippen LogP contribution in [0.3, 0.4) is 0 Å². The molecule has 1 aromatic rings. The molecule has 0 atom stereocenters. The number of hydrogen-bond donors (Lipinski definition) is 1. The molecule has 11 heavy (non-hydrogen) atoms. The Kier molecular flexibility index (Phi) is 2.68. The lowest BCUT2D eigenvalue weighted by Gasteiger charge is -1.94. The summed E-state index contributed by atoms with van der Waals surface area (Å²) in [6.45, 7) is 0. The van der Waals surface area contributed by atoms with Gasteiger partial charge in [0.05, 0.1) is 6.20 Å². The summed E-state index contributed by atoms with van der Waals surface area (Å²) < 4.78 is 0. The molecule has 0 aromatic carbocycles. The van der Waals surface area contributed by atoms with Crippen LogP contribution in [0.2, 0.25) is 10.3 Å². The van der Waals surface area contributed by atoms with Crippen molar-refractivity contribution >= 4 is 29.3 Å². The van der Waals surface area contributed by atoms with Gasteiger partial charge < -0.3 is 5.73 Å². The van der Waals surface area contributed by atoms with Gasteiger partial charge in [-0.3, -0.25) is 4.98 Å². The highest BCUT2D eigenvalue weighted by Crippen LogP contribution is 2.14. The van der Waals surface area contributed by atoms with Gasteiger partial charge >= 0.3 is 0 Å². The minimum absolute atomic E-state index is 0.249. The van der Waals surface area contributed by atoms with Gasteiger partial charge in [-0.05, 0) is 12.3 Å². The maximum Gasteiger partial charge on any atom is 0.156 e. The van der Waals surface area contributed by atoms with E-state index in [0.717, 1.165) is 0 Å². The molecule has 2 N–H and O–H groups in total. The molecule has 5 heteroatoms. The third-order valence-electron chi connectivity index (χ3n) is 0.981. The first-order valence-electron chi connectivity index (χ1n) is 2.80. The van der Waals surface area contributed by atoms with Crippen molar-refractivity contribution < 1.29 is 0 Å². The second-order valence-corrected chi connectivity index (χ2v) is 2.47. The Hall–Kier alpha value is -0.800. The zero-order valence-corrected chi connectivity index (χ0v) is 6.97. The summed E-state index contributed by atoms with van der Waals surface area (Å²) in [7, 11) is 0. The van der Waals surface area contributed by atoms with Gasteiger partial charge in [-0.2, -0.15) is 0 Å². The van der Waals surface area contributed by atoms with Crippen molar-refractivity contribution in [2.45, 2.75) is 0 Å². The Labute approximate surface area is 73.9 Å². The minimum atomic E-state index is 0.249. The van der Waals surface area contributed by atoms with E-state index in [1.165, 1.54) is 12.4 Å². The van der Waals surface area contributed by atoms with Crippen LogP contribution >= 0.6 is 23.2 Å². The van der Waals surface area contributed by atoms with Gasteiger partial charge in [-0.25, -0.2) is 4.98 Å². The van der Waals surface area contributed by atoms with E-state index in [1.54, 1.807) is 6.08 Å². The van der Waals surface area contributed by atoms with Gasteiger partial charge in [0.15, 0.2) is 5.15 Å². The Balaban J connectivity index is 3.09. The van der Waals surface area contributed by atoms with E-state index in [2.05, 4.69) is 9.97 Å². The molecule has 1 heterocycles. The zero-order valence-electron chi connectivity index (χ0n) is 5.46. The summed E-state index contributed by atoms with van der Waals surface area (Å²) in [5, 5.41) is 0.517. The molecule has 0 unspecified atom stereocenters. The van der Waals surface area contributed by atoms with Crippen molar-refractivity contribution in [1.29, 1.82) is 0 Å². The fourth-order valence-electron chi connectivity index (χ4n) is 0.559. The molecule has 0 radical (unpaired) electrons. The van der Waals surface area contributed by atoms with Crippen LogP contribution in [0.15, 0.2) is 12.4 Å². The molecule has 0 bridgehead atoms. The summed E-state index contributed by atoms with van der Waals surface area (Å²) in [6, 6.07) is 0. The first kappa shape index (κ1) is 8.30. The highest BCUT2D eigenvalue weighted by atomic mass is 35.5. The number of rotatable bonds is 1. The number of hydrogen-bond acceptors (Lipinski definition) is 3. The van der Waals surface area contributed by atoms with Crippen LogP contribution in [0, 0.1) is 0 Å². The molecule has 0 fully saturated rings. The zero-order chi connectivity index (χ0) is 8.27. The van der Waals surface area contributed by atoms with E-state index in [0.29, 0.717) is 5.69 Å². The van der Waals surface area contributed by atoms with Crippen molar-refractivity contribution in [3.8, 4) is 0 Å². The molecular weight excluding hydrogens is 185 g/mol. The average Bonchev–Trinajstić information content (AvgIpc) is 1.95. The smallest absolute Gasteiger partial charge is 0.156 e. The van der Waals surface area contributed by atoms with Gasteiger partial charge in [-0.1, -0.05) is 23.2 Å². The van der Waals surface area contributed by atoms with Crippen LogP contribution in [0.25, 0.3) is 6.08 Å². The molecule has 3 nitrogen and oxygen atoms in total. The van der Waals surface area contributed by atoms with Crippen LogP contribution in [0.1, 0.15) is 5.69 Å². The first-order chi connectivity index (χ1) is 5.24. The maximum absolute atomic E-state index is 5.64. The van der Waals surface area contributed by atoms with Crippen LogP contribution < -0.4 is 5.73 Å². The third kappa shape index (κ3) is 2.06. The van der Waals surface area contributed by atoms with Gasteiger partial charge in [0, 0.05) is 0 Å². The second-order valence-electron chi connectivity index (χ2n) is 1.73. The van der Waals surface area contributed by atoms with Crippen LogP contribution in [-0.2, 0) is 0 Å². The molecule has 0 aliphatic carbocycles. The minimum Gasteiger partial charge on any atom is -0.405 e. The fraction of sp³-hybridized carbons (Fsp3) is 0. The normalized spacial score (nSPS) is 10.7. The first-order valence-corrected chi connectivity index (χ1v) is 3.56. The summed E-state index contributed by atoms with van der Waals surface area (Å²) in [6.07, 6.45) is 4.29. The van der Waals surface area contributed by atoms with Crippen molar-refractivity contribution in [3.63, 3.8) is 0 Å². The summed E-state index contributed by atoms with van der Waals surface area (Å²) in [4.78, 5) is 7.63. The van der Waals surface area contributed by atoms with Gasteiger partial charge in [0.1, 0.15) is 10.8 Å². The highest BCUT2D eigenvalue weighted by Gasteiger charge is 1.99. The second kappa shape index (κ2) is 3.55. The number of aromatic nitrogens is 2. The summed E-state index contributed by atoms with van der Waals surface area (Å²) in [5.41, 5.74) is 5.64. The van der Waals surface area contributed by atoms with Gasteiger partial charge in [-0.15, -0.1) is 0 Å². The largest absolute Gasteiger partial charge is 0.405 e. The Bertz CT molecular complexity index is 285.